The third-order valence-corrected chi connectivity index (χ3v) is 5.11. The Labute approximate surface area is 170 Å². The second kappa shape index (κ2) is 8.92. The lowest BCUT2D eigenvalue weighted by Gasteiger charge is -2.17. The van der Waals surface area contributed by atoms with Crippen LogP contribution in [0.1, 0.15) is 30.9 Å². The number of aromatic amines is 1. The predicted molar refractivity (Wildman–Crippen MR) is 114 cm³/mol. The molecule has 1 aromatic heterocycles. The fraction of sp³-hybridized carbons (Fsp3) is 0.304. The molecule has 2 heterocycles. The lowest BCUT2D eigenvalue weighted by atomic mass is 10.1. The Morgan fingerprint density at radius 1 is 1.21 bits per heavy atom. The Kier molecular flexibility index (Phi) is 5.91. The van der Waals surface area contributed by atoms with Crippen molar-refractivity contribution in [3.8, 4) is 17.0 Å². The van der Waals surface area contributed by atoms with Crippen molar-refractivity contribution in [1.29, 1.82) is 0 Å². The quantitative estimate of drug-likeness (QED) is 0.545. The van der Waals surface area contributed by atoms with Gasteiger partial charge in [-0.25, -0.2) is 0 Å². The summed E-state index contributed by atoms with van der Waals surface area (Å²) in [6.45, 7) is 3.45. The second-order valence-corrected chi connectivity index (χ2v) is 7.28. The first kappa shape index (κ1) is 19.2. The maximum atomic E-state index is 12.8. The van der Waals surface area contributed by atoms with Crippen LogP contribution in [0, 0.1) is 0 Å². The molecule has 6 nitrogen and oxygen atoms in total. The van der Waals surface area contributed by atoms with Gasteiger partial charge in [-0.1, -0.05) is 55.8 Å². The van der Waals surface area contributed by atoms with Crippen LogP contribution in [0.2, 0.25) is 0 Å². The molecule has 29 heavy (non-hydrogen) atoms. The Hall–Kier alpha value is -3.12. The van der Waals surface area contributed by atoms with Gasteiger partial charge in [-0.05, 0) is 23.6 Å². The van der Waals surface area contributed by atoms with Gasteiger partial charge in [0.15, 0.2) is 0 Å². The van der Waals surface area contributed by atoms with E-state index in [1.165, 1.54) is 5.56 Å². The number of hydrogen-bond donors (Lipinski definition) is 3. The number of rotatable bonds is 8. The third-order valence-electron chi connectivity index (χ3n) is 5.11. The zero-order valence-electron chi connectivity index (χ0n) is 16.6. The SMILES string of the molecule is CCC[C@H](NCc1ccc2c(c1)OCC2)C(=O)Nc1cc(-c2ccccc2)n[nH]1. The first-order chi connectivity index (χ1) is 14.2. The Morgan fingerprint density at radius 3 is 2.90 bits per heavy atom. The smallest absolute Gasteiger partial charge is 0.242 e. The molecule has 1 atom stereocenters. The standard InChI is InChI=1S/C23H26N4O2/c1-2-6-19(24-15-16-9-10-18-11-12-29-21(18)13-16)23(28)25-22-14-20(26-27-22)17-7-4-3-5-8-17/h3-5,7-10,13-14,19,24H,2,6,11-12,15H2,1H3,(H2,25,26,27,28)/t19-/m0/s1. The molecule has 0 spiro atoms. The lowest BCUT2D eigenvalue weighted by Crippen LogP contribution is -2.40. The summed E-state index contributed by atoms with van der Waals surface area (Å²) in [6, 6.07) is 17.7. The van der Waals surface area contributed by atoms with Gasteiger partial charge < -0.3 is 15.4 Å². The van der Waals surface area contributed by atoms with E-state index < -0.39 is 0 Å². The summed E-state index contributed by atoms with van der Waals surface area (Å²) in [7, 11) is 0. The molecule has 3 aromatic rings. The minimum Gasteiger partial charge on any atom is -0.493 e. The van der Waals surface area contributed by atoms with Crippen molar-refractivity contribution in [2.24, 2.45) is 0 Å². The molecular weight excluding hydrogens is 364 g/mol. The van der Waals surface area contributed by atoms with Crippen LogP contribution in [-0.2, 0) is 17.8 Å². The largest absolute Gasteiger partial charge is 0.493 e. The monoisotopic (exact) mass is 390 g/mol. The molecule has 150 valence electrons. The number of carbonyl (C=O) groups excluding carboxylic acids is 1. The van der Waals surface area contributed by atoms with Gasteiger partial charge >= 0.3 is 0 Å². The average Bonchev–Trinajstić information content (AvgIpc) is 3.40. The van der Waals surface area contributed by atoms with Gasteiger partial charge in [0.05, 0.1) is 18.3 Å². The molecule has 1 aliphatic heterocycles. The van der Waals surface area contributed by atoms with Crippen molar-refractivity contribution in [2.45, 2.75) is 38.8 Å². The molecule has 0 fully saturated rings. The van der Waals surface area contributed by atoms with E-state index in [0.717, 1.165) is 48.4 Å². The van der Waals surface area contributed by atoms with Crippen molar-refractivity contribution in [3.63, 3.8) is 0 Å². The Morgan fingerprint density at radius 2 is 2.07 bits per heavy atom. The molecular formula is C23H26N4O2. The van der Waals surface area contributed by atoms with Crippen LogP contribution < -0.4 is 15.4 Å². The number of aromatic nitrogens is 2. The number of anilines is 1. The van der Waals surface area contributed by atoms with Crippen LogP contribution in [0.15, 0.2) is 54.6 Å². The van der Waals surface area contributed by atoms with Crippen LogP contribution >= 0.6 is 0 Å². The van der Waals surface area contributed by atoms with Crippen molar-refractivity contribution in [1.82, 2.24) is 15.5 Å². The highest BCUT2D eigenvalue weighted by Crippen LogP contribution is 2.26. The number of amides is 1. The number of nitrogens with one attached hydrogen (secondary N) is 3. The van der Waals surface area contributed by atoms with Gasteiger partial charge in [-0.2, -0.15) is 5.10 Å². The number of benzene rings is 2. The molecule has 0 radical (unpaired) electrons. The summed E-state index contributed by atoms with van der Waals surface area (Å²) in [5, 5.41) is 13.5. The second-order valence-electron chi connectivity index (χ2n) is 7.28. The molecule has 0 aliphatic carbocycles. The summed E-state index contributed by atoms with van der Waals surface area (Å²) in [6.07, 6.45) is 2.64. The molecule has 0 bridgehead atoms. The maximum absolute atomic E-state index is 12.8. The molecule has 0 unspecified atom stereocenters. The summed E-state index contributed by atoms with van der Waals surface area (Å²) >= 11 is 0. The first-order valence-corrected chi connectivity index (χ1v) is 10.1. The van der Waals surface area contributed by atoms with Gasteiger partial charge in [-0.15, -0.1) is 0 Å². The van der Waals surface area contributed by atoms with Crippen molar-refractivity contribution >= 4 is 11.7 Å². The van der Waals surface area contributed by atoms with E-state index in [1.54, 1.807) is 0 Å². The number of H-pyrrole nitrogens is 1. The number of hydrogen-bond acceptors (Lipinski definition) is 4. The van der Waals surface area contributed by atoms with Crippen molar-refractivity contribution in [3.05, 3.63) is 65.7 Å². The average molecular weight is 390 g/mol. The molecule has 1 aliphatic rings. The normalized spacial score (nSPS) is 13.6. The van der Waals surface area contributed by atoms with Gasteiger partial charge in [0, 0.05) is 24.6 Å². The van der Waals surface area contributed by atoms with Crippen LogP contribution in [0.3, 0.4) is 0 Å². The van der Waals surface area contributed by atoms with E-state index in [-0.39, 0.29) is 11.9 Å². The fourth-order valence-corrected chi connectivity index (χ4v) is 3.54. The molecule has 4 rings (SSSR count). The van der Waals surface area contributed by atoms with Crippen LogP contribution in [0.4, 0.5) is 5.82 Å². The zero-order chi connectivity index (χ0) is 20.1. The summed E-state index contributed by atoms with van der Waals surface area (Å²) < 4.78 is 5.64. The molecule has 6 heteroatoms. The first-order valence-electron chi connectivity index (χ1n) is 10.1. The highest BCUT2D eigenvalue weighted by molar-refractivity contribution is 5.94. The fourth-order valence-electron chi connectivity index (χ4n) is 3.54. The maximum Gasteiger partial charge on any atom is 0.242 e. The molecule has 3 N–H and O–H groups in total. The van der Waals surface area contributed by atoms with E-state index in [2.05, 4.69) is 46.0 Å². The summed E-state index contributed by atoms with van der Waals surface area (Å²) in [4.78, 5) is 12.8. The van der Waals surface area contributed by atoms with Crippen molar-refractivity contribution < 1.29 is 9.53 Å². The summed E-state index contributed by atoms with van der Waals surface area (Å²) in [5.41, 5.74) is 4.18. The van der Waals surface area contributed by atoms with E-state index in [1.807, 2.05) is 36.4 Å². The minimum atomic E-state index is -0.280. The lowest BCUT2D eigenvalue weighted by molar-refractivity contribution is -0.118. The number of nitrogens with zero attached hydrogens (tertiary/aromatic N) is 1. The third kappa shape index (κ3) is 4.66. The van der Waals surface area contributed by atoms with E-state index in [0.29, 0.717) is 12.4 Å². The van der Waals surface area contributed by atoms with E-state index in [4.69, 9.17) is 4.74 Å². The number of carbonyl (C=O) groups is 1. The Balaban J connectivity index is 1.38. The van der Waals surface area contributed by atoms with Crippen LogP contribution in [0.25, 0.3) is 11.3 Å². The Bertz CT molecular complexity index is 968. The topological polar surface area (TPSA) is 79.0 Å². The molecule has 0 saturated carbocycles. The van der Waals surface area contributed by atoms with Gasteiger partial charge in [0.2, 0.25) is 5.91 Å². The van der Waals surface area contributed by atoms with Crippen LogP contribution in [-0.4, -0.2) is 28.8 Å². The number of fused-ring (bicyclic) bond motifs is 1. The number of ether oxygens (including phenoxy) is 1. The van der Waals surface area contributed by atoms with Gasteiger partial charge in [-0.3, -0.25) is 9.89 Å². The summed E-state index contributed by atoms with van der Waals surface area (Å²) in [5.74, 6) is 1.50. The van der Waals surface area contributed by atoms with Gasteiger partial charge in [0.1, 0.15) is 11.6 Å². The predicted octanol–water partition coefficient (Wildman–Crippen LogP) is 3.91. The zero-order valence-corrected chi connectivity index (χ0v) is 16.6. The van der Waals surface area contributed by atoms with Gasteiger partial charge in [0.25, 0.3) is 0 Å². The van der Waals surface area contributed by atoms with Crippen molar-refractivity contribution in [2.75, 3.05) is 11.9 Å². The highest BCUT2D eigenvalue weighted by atomic mass is 16.5. The minimum absolute atomic E-state index is 0.0625. The van der Waals surface area contributed by atoms with E-state index in [9.17, 15) is 4.79 Å². The van der Waals surface area contributed by atoms with Crippen LogP contribution in [0.5, 0.6) is 5.75 Å². The van der Waals surface area contributed by atoms with E-state index >= 15 is 0 Å². The molecule has 0 saturated heterocycles. The highest BCUT2D eigenvalue weighted by Gasteiger charge is 2.19. The molecule has 1 amide bonds. The molecule has 2 aromatic carbocycles.